The van der Waals surface area contributed by atoms with Crippen LogP contribution < -0.4 is 0 Å². The highest BCUT2D eigenvalue weighted by molar-refractivity contribution is 7.93. The van der Waals surface area contributed by atoms with Crippen molar-refractivity contribution < 1.29 is 13.3 Å². The van der Waals surface area contributed by atoms with Crippen molar-refractivity contribution in [2.24, 2.45) is 0 Å². The van der Waals surface area contributed by atoms with Gasteiger partial charge in [-0.3, -0.25) is 8.89 Å². The topological polar surface area (TPSA) is 9.23 Å². The second-order valence-corrected chi connectivity index (χ2v) is 2.11. The molecule has 0 unspecified atom stereocenters. The molecule has 4 heteroatoms. The van der Waals surface area contributed by atoms with E-state index in [1.54, 1.807) is 6.26 Å². The Labute approximate surface area is 52.2 Å². The van der Waals surface area contributed by atoms with Gasteiger partial charge < -0.3 is 0 Å². The van der Waals surface area contributed by atoms with Crippen LogP contribution in [-0.2, 0) is 4.18 Å². The van der Waals surface area contributed by atoms with Crippen LogP contribution in [0.15, 0.2) is 0 Å². The van der Waals surface area contributed by atoms with Crippen molar-refractivity contribution in [1.29, 1.82) is 0 Å². The van der Waals surface area contributed by atoms with Crippen molar-refractivity contribution in [2.45, 2.75) is 19.7 Å². The third-order valence-corrected chi connectivity index (χ3v) is 0.844. The number of halogens is 2. The fraction of sp³-hybridized carbons (Fsp3) is 1.00. The Morgan fingerprint density at radius 1 is 1.50 bits per heavy atom. The minimum absolute atomic E-state index is 0. The van der Waals surface area contributed by atoms with Crippen molar-refractivity contribution in [3.05, 3.63) is 0 Å². The van der Waals surface area contributed by atoms with Gasteiger partial charge in [-0.1, -0.05) is 0 Å². The molecule has 0 spiro atoms. The van der Waals surface area contributed by atoms with Crippen molar-refractivity contribution >= 4 is 12.0 Å². The van der Waals surface area contributed by atoms with E-state index in [2.05, 4.69) is 4.18 Å². The van der Waals surface area contributed by atoms with Gasteiger partial charge in [0.25, 0.3) is 0 Å². The summed E-state index contributed by atoms with van der Waals surface area (Å²) in [6.07, 6.45) is 1.68. The summed E-state index contributed by atoms with van der Waals surface area (Å²) in [4.78, 5) is 0. The second-order valence-electron chi connectivity index (χ2n) is 1.61. The first-order valence-corrected chi connectivity index (χ1v) is 3.12. The van der Waals surface area contributed by atoms with E-state index in [9.17, 15) is 4.39 Å². The number of hydrogen-bond acceptors (Lipinski definition) is 2. The molecule has 0 rings (SSSR count). The normalized spacial score (nSPS) is 10.5. The van der Waals surface area contributed by atoms with E-state index in [0.29, 0.717) is 0 Å². The van der Waals surface area contributed by atoms with Crippen LogP contribution >= 0.6 is 12.0 Å². The van der Waals surface area contributed by atoms with Gasteiger partial charge in [-0.25, -0.2) is 4.39 Å². The molecule has 0 bridgehead atoms. The fourth-order valence-electron chi connectivity index (χ4n) is 0.198. The molecule has 0 heterocycles. The minimum Gasteiger partial charge on any atom is -0.277 e. The van der Waals surface area contributed by atoms with Crippen molar-refractivity contribution in [3.63, 3.8) is 0 Å². The molecule has 0 amide bonds. The molecule has 0 saturated carbocycles. The molecular weight excluding hydrogens is 134 g/mol. The maximum Gasteiger partial charge on any atom is 0.215 e. The number of rotatable bonds is 2. The predicted octanol–water partition coefficient (Wildman–Crippen LogP) is 2.14. The maximum atomic E-state index is 12.1. The molecule has 52 valence electrons. The van der Waals surface area contributed by atoms with Gasteiger partial charge >= 0.3 is 0 Å². The molecule has 1 nitrogen and oxygen atoms in total. The summed E-state index contributed by atoms with van der Waals surface area (Å²) >= 11 is 1.03. The van der Waals surface area contributed by atoms with Gasteiger partial charge in [0.15, 0.2) is 0 Å². The molecule has 0 aliphatic rings. The smallest absolute Gasteiger partial charge is 0.215 e. The average Bonchev–Trinajstić information content (AvgIpc) is 1.30. The van der Waals surface area contributed by atoms with E-state index in [1.165, 1.54) is 13.8 Å². The molecule has 0 N–H and O–H groups in total. The van der Waals surface area contributed by atoms with Crippen LogP contribution in [0.25, 0.3) is 0 Å². The lowest BCUT2D eigenvalue weighted by Gasteiger charge is -2.10. The standard InChI is InChI=1S/C4H9FOS.FH/c1-4(2,5)6-7-3;/h1-3H3;1H. The molecular formula is C4H10F2OS. The van der Waals surface area contributed by atoms with Crippen LogP contribution in [0, 0.1) is 0 Å². The third-order valence-electron chi connectivity index (χ3n) is 0.281. The van der Waals surface area contributed by atoms with Gasteiger partial charge in [0.1, 0.15) is 0 Å². The van der Waals surface area contributed by atoms with E-state index >= 15 is 0 Å². The lowest BCUT2D eigenvalue weighted by atomic mass is 10.4. The summed E-state index contributed by atoms with van der Waals surface area (Å²) in [5.41, 5.74) is 0. The molecule has 0 aromatic rings. The summed E-state index contributed by atoms with van der Waals surface area (Å²) < 4.78 is 16.6. The third kappa shape index (κ3) is 9.48. The Morgan fingerprint density at radius 2 is 1.88 bits per heavy atom. The van der Waals surface area contributed by atoms with Gasteiger partial charge in [0.05, 0.1) is 0 Å². The largest absolute Gasteiger partial charge is 0.277 e. The maximum absolute atomic E-state index is 12.1. The average molecular weight is 144 g/mol. The zero-order valence-corrected chi connectivity index (χ0v) is 5.92. The molecule has 8 heavy (non-hydrogen) atoms. The first kappa shape index (κ1) is 11.0. The highest BCUT2D eigenvalue weighted by Crippen LogP contribution is 2.15. The molecule has 0 saturated heterocycles. The van der Waals surface area contributed by atoms with Crippen molar-refractivity contribution in [2.75, 3.05) is 6.26 Å². The van der Waals surface area contributed by atoms with E-state index < -0.39 is 5.85 Å². The van der Waals surface area contributed by atoms with Crippen LogP contribution in [-0.4, -0.2) is 12.1 Å². The molecule has 0 radical (unpaired) electrons. The van der Waals surface area contributed by atoms with Gasteiger partial charge in [0.2, 0.25) is 5.85 Å². The molecule has 0 aliphatic heterocycles. The van der Waals surface area contributed by atoms with Crippen LogP contribution in [0.4, 0.5) is 9.09 Å². The fourth-order valence-corrected chi connectivity index (χ4v) is 0.594. The quantitative estimate of drug-likeness (QED) is 0.549. The highest BCUT2D eigenvalue weighted by atomic mass is 32.2. The molecule has 0 fully saturated rings. The van der Waals surface area contributed by atoms with Crippen LogP contribution in [0.5, 0.6) is 0 Å². The summed E-state index contributed by atoms with van der Waals surface area (Å²) in [6.45, 7) is 2.73. The van der Waals surface area contributed by atoms with Gasteiger partial charge in [-0.2, -0.15) is 0 Å². The Balaban J connectivity index is 0. The van der Waals surface area contributed by atoms with Crippen molar-refractivity contribution in [1.82, 2.24) is 0 Å². The summed E-state index contributed by atoms with van der Waals surface area (Å²) in [6, 6.07) is 0. The van der Waals surface area contributed by atoms with E-state index in [1.807, 2.05) is 0 Å². The molecule has 0 atom stereocenters. The van der Waals surface area contributed by atoms with Gasteiger partial charge in [0, 0.05) is 6.26 Å². The van der Waals surface area contributed by atoms with Crippen LogP contribution in [0.3, 0.4) is 0 Å². The van der Waals surface area contributed by atoms with Crippen LogP contribution in [0.2, 0.25) is 0 Å². The molecule has 0 aromatic carbocycles. The van der Waals surface area contributed by atoms with Gasteiger partial charge in [-0.05, 0) is 25.9 Å². The number of alkyl halides is 1. The van der Waals surface area contributed by atoms with E-state index in [4.69, 9.17) is 0 Å². The predicted molar refractivity (Wildman–Crippen MR) is 32.3 cm³/mol. The SMILES string of the molecule is CSOC(C)(C)F.F. The first-order chi connectivity index (χ1) is 3.06. The zero-order valence-electron chi connectivity index (χ0n) is 5.10. The highest BCUT2D eigenvalue weighted by Gasteiger charge is 2.13. The number of hydrogen-bond donors (Lipinski definition) is 0. The second kappa shape index (κ2) is 4.09. The van der Waals surface area contributed by atoms with Crippen LogP contribution in [0.1, 0.15) is 13.8 Å². The molecule has 0 aromatic heterocycles. The lowest BCUT2D eigenvalue weighted by molar-refractivity contribution is -0.00664. The Hall–Kier alpha value is 0.170. The van der Waals surface area contributed by atoms with E-state index in [-0.39, 0.29) is 4.70 Å². The Morgan fingerprint density at radius 3 is 1.88 bits per heavy atom. The summed E-state index contributed by atoms with van der Waals surface area (Å²) in [5, 5.41) is 0. The summed E-state index contributed by atoms with van der Waals surface area (Å²) in [5.74, 6) is -1.49. The zero-order chi connectivity index (χ0) is 5.91. The first-order valence-electron chi connectivity index (χ1n) is 1.97. The van der Waals surface area contributed by atoms with Gasteiger partial charge in [-0.15, -0.1) is 0 Å². The Kier molecular flexibility index (Phi) is 5.64. The monoisotopic (exact) mass is 144 g/mol. The Bertz CT molecular complexity index is 52.5. The molecule has 0 aliphatic carbocycles. The minimum atomic E-state index is -1.49. The van der Waals surface area contributed by atoms with E-state index in [0.717, 1.165) is 12.0 Å². The van der Waals surface area contributed by atoms with Crippen molar-refractivity contribution in [3.8, 4) is 0 Å². The summed E-state index contributed by atoms with van der Waals surface area (Å²) in [7, 11) is 0. The lowest BCUT2D eigenvalue weighted by Crippen LogP contribution is -2.11.